The van der Waals surface area contributed by atoms with Gasteiger partial charge in [-0.25, -0.2) is 0 Å². The SMILES string of the molecule is O=C(NCC1CC2CC3CCC1C(C3)C2)c1cc(CCCNCCCO)ccc1Cl. The molecular weight excluding hydrogens is 396 g/mol. The van der Waals surface area contributed by atoms with E-state index in [2.05, 4.69) is 10.6 Å². The third kappa shape index (κ3) is 5.38. The summed E-state index contributed by atoms with van der Waals surface area (Å²) in [7, 11) is 0. The first-order valence-electron chi connectivity index (χ1n) is 12.0. The number of nitrogens with one attached hydrogen (secondary N) is 2. The highest BCUT2D eigenvalue weighted by molar-refractivity contribution is 6.33. The summed E-state index contributed by atoms with van der Waals surface area (Å²) in [5.74, 6) is 4.24. The van der Waals surface area contributed by atoms with Crippen molar-refractivity contribution < 1.29 is 9.90 Å². The van der Waals surface area contributed by atoms with Crippen LogP contribution in [0.25, 0.3) is 0 Å². The van der Waals surface area contributed by atoms with Crippen LogP contribution >= 0.6 is 11.6 Å². The van der Waals surface area contributed by atoms with Gasteiger partial charge in [0.25, 0.3) is 5.91 Å². The maximum atomic E-state index is 12.9. The van der Waals surface area contributed by atoms with Crippen LogP contribution in [0.5, 0.6) is 0 Å². The predicted molar refractivity (Wildman–Crippen MR) is 122 cm³/mol. The van der Waals surface area contributed by atoms with Crippen LogP contribution in [-0.2, 0) is 6.42 Å². The van der Waals surface area contributed by atoms with Crippen LogP contribution in [0.4, 0.5) is 0 Å². The molecule has 5 unspecified atom stereocenters. The fraction of sp³-hybridized carbons (Fsp3) is 0.720. The summed E-state index contributed by atoms with van der Waals surface area (Å²) in [4.78, 5) is 12.9. The quantitative estimate of drug-likeness (QED) is 0.479. The number of fused-ring (bicyclic) bond motifs is 2. The van der Waals surface area contributed by atoms with Crippen molar-refractivity contribution in [2.45, 2.75) is 57.8 Å². The van der Waals surface area contributed by atoms with Gasteiger partial charge in [0.05, 0.1) is 10.6 Å². The number of carbonyl (C=O) groups excluding carboxylic acids is 1. The summed E-state index contributed by atoms with van der Waals surface area (Å²) >= 11 is 6.37. The molecule has 1 aromatic carbocycles. The second kappa shape index (κ2) is 10.5. The summed E-state index contributed by atoms with van der Waals surface area (Å²) in [5.41, 5.74) is 1.76. The van der Waals surface area contributed by atoms with Crippen LogP contribution < -0.4 is 10.6 Å². The third-order valence-corrected chi connectivity index (χ3v) is 8.15. The van der Waals surface area contributed by atoms with Gasteiger partial charge in [0.15, 0.2) is 0 Å². The van der Waals surface area contributed by atoms with Crippen LogP contribution in [0.1, 0.15) is 67.3 Å². The lowest BCUT2D eigenvalue weighted by Gasteiger charge is -2.52. The zero-order chi connectivity index (χ0) is 20.9. The Balaban J connectivity index is 1.29. The van der Waals surface area contributed by atoms with Crippen LogP contribution in [0.3, 0.4) is 0 Å². The van der Waals surface area contributed by atoms with Crippen LogP contribution in [-0.4, -0.2) is 37.3 Å². The number of rotatable bonds is 10. The van der Waals surface area contributed by atoms with Gasteiger partial charge >= 0.3 is 0 Å². The van der Waals surface area contributed by atoms with Crippen LogP contribution in [0.15, 0.2) is 18.2 Å². The molecule has 0 spiro atoms. The van der Waals surface area contributed by atoms with E-state index in [1.807, 2.05) is 18.2 Å². The molecule has 3 aliphatic rings. The number of aryl methyl sites for hydroxylation is 1. The van der Waals surface area contributed by atoms with Crippen molar-refractivity contribution in [2.75, 3.05) is 26.2 Å². The van der Waals surface area contributed by atoms with E-state index in [4.69, 9.17) is 16.7 Å². The minimum absolute atomic E-state index is 0.0210. The molecule has 30 heavy (non-hydrogen) atoms. The van der Waals surface area contributed by atoms with Gasteiger partial charge < -0.3 is 15.7 Å². The fourth-order valence-electron chi connectivity index (χ4n) is 6.48. The Kier molecular flexibility index (Phi) is 7.72. The molecule has 0 radical (unpaired) electrons. The summed E-state index contributed by atoms with van der Waals surface area (Å²) in [6, 6.07) is 5.84. The number of aliphatic hydroxyl groups is 1. The first kappa shape index (κ1) is 22.1. The van der Waals surface area contributed by atoms with Gasteiger partial charge in [0.2, 0.25) is 0 Å². The van der Waals surface area contributed by atoms with Crippen LogP contribution in [0.2, 0.25) is 5.02 Å². The molecule has 166 valence electrons. The molecule has 4 nitrogen and oxygen atoms in total. The number of halogens is 1. The molecule has 3 saturated carbocycles. The van der Waals surface area contributed by atoms with E-state index < -0.39 is 0 Å². The molecule has 3 bridgehead atoms. The Labute approximate surface area is 186 Å². The maximum Gasteiger partial charge on any atom is 0.252 e. The lowest BCUT2D eigenvalue weighted by Crippen LogP contribution is -2.46. The predicted octanol–water partition coefficient (Wildman–Crippen LogP) is 4.44. The van der Waals surface area contributed by atoms with Gasteiger partial charge in [-0.2, -0.15) is 0 Å². The fourth-order valence-corrected chi connectivity index (χ4v) is 6.69. The van der Waals surface area contributed by atoms with E-state index in [9.17, 15) is 4.79 Å². The molecule has 5 heteroatoms. The Morgan fingerprint density at radius 3 is 2.77 bits per heavy atom. The molecule has 1 amide bonds. The first-order chi connectivity index (χ1) is 14.6. The molecule has 3 N–H and O–H groups in total. The summed E-state index contributed by atoms with van der Waals surface area (Å²) in [6.45, 7) is 2.79. The highest BCUT2D eigenvalue weighted by Gasteiger charge is 2.45. The second-order valence-corrected chi connectivity index (χ2v) is 10.3. The van der Waals surface area contributed by atoms with Crippen molar-refractivity contribution >= 4 is 17.5 Å². The van der Waals surface area contributed by atoms with E-state index in [1.54, 1.807) is 0 Å². The van der Waals surface area contributed by atoms with Crippen LogP contribution in [0, 0.1) is 29.6 Å². The number of carbonyl (C=O) groups is 1. The normalized spacial score (nSPS) is 29.7. The van der Waals surface area contributed by atoms with E-state index in [1.165, 1.54) is 38.5 Å². The van der Waals surface area contributed by atoms with E-state index in [0.29, 0.717) is 16.5 Å². The monoisotopic (exact) mass is 432 g/mol. The molecule has 0 aliphatic heterocycles. The molecule has 3 fully saturated rings. The van der Waals surface area contributed by atoms with Gasteiger partial charge in [-0.05, 0) is 112 Å². The number of aliphatic hydroxyl groups excluding tert-OH is 1. The lowest BCUT2D eigenvalue weighted by atomic mass is 9.54. The third-order valence-electron chi connectivity index (χ3n) is 7.83. The molecule has 0 heterocycles. The minimum Gasteiger partial charge on any atom is -0.396 e. The Hall–Kier alpha value is -1.10. The molecule has 3 aliphatic carbocycles. The van der Waals surface area contributed by atoms with Crippen molar-refractivity contribution in [3.63, 3.8) is 0 Å². The first-order valence-corrected chi connectivity index (χ1v) is 12.4. The molecule has 0 aromatic heterocycles. The van der Waals surface area contributed by atoms with E-state index in [0.717, 1.165) is 68.1 Å². The number of benzene rings is 1. The standard InChI is InChI=1S/C25H37ClN2O2/c26-24-7-5-17(3-1-8-27-9-2-10-29)15-23(24)25(30)28-16-21-14-19-11-18-4-6-22(21)20(12-18)13-19/h5,7,15,18-22,27,29H,1-4,6,8-14,16H2,(H,28,30). The molecule has 1 aromatic rings. The second-order valence-electron chi connectivity index (χ2n) is 9.89. The van der Waals surface area contributed by atoms with Crippen molar-refractivity contribution in [1.29, 1.82) is 0 Å². The maximum absolute atomic E-state index is 12.9. The summed E-state index contributed by atoms with van der Waals surface area (Å²) < 4.78 is 0. The topological polar surface area (TPSA) is 61.4 Å². The lowest BCUT2D eigenvalue weighted by molar-refractivity contribution is -0.00997. The van der Waals surface area contributed by atoms with Gasteiger partial charge in [-0.15, -0.1) is 0 Å². The Morgan fingerprint density at radius 2 is 1.90 bits per heavy atom. The number of hydrogen-bond donors (Lipinski definition) is 3. The largest absolute Gasteiger partial charge is 0.396 e. The number of hydrogen-bond acceptors (Lipinski definition) is 3. The summed E-state index contributed by atoms with van der Waals surface area (Å²) in [6.07, 6.45) is 11.1. The molecule has 4 rings (SSSR count). The van der Waals surface area contributed by atoms with Gasteiger partial charge in [-0.1, -0.05) is 24.1 Å². The van der Waals surface area contributed by atoms with Crippen molar-refractivity contribution in [3.8, 4) is 0 Å². The van der Waals surface area contributed by atoms with Gasteiger partial charge in [-0.3, -0.25) is 4.79 Å². The average molecular weight is 433 g/mol. The summed E-state index contributed by atoms with van der Waals surface area (Å²) in [5, 5.41) is 15.9. The molecule has 0 saturated heterocycles. The van der Waals surface area contributed by atoms with E-state index in [-0.39, 0.29) is 12.5 Å². The molecular formula is C25H37ClN2O2. The smallest absolute Gasteiger partial charge is 0.252 e. The zero-order valence-electron chi connectivity index (χ0n) is 18.0. The van der Waals surface area contributed by atoms with E-state index >= 15 is 0 Å². The minimum atomic E-state index is -0.0210. The van der Waals surface area contributed by atoms with Crippen molar-refractivity contribution in [1.82, 2.24) is 10.6 Å². The molecule has 5 atom stereocenters. The van der Waals surface area contributed by atoms with Crippen molar-refractivity contribution in [2.24, 2.45) is 29.6 Å². The number of amides is 1. The van der Waals surface area contributed by atoms with Gasteiger partial charge in [0.1, 0.15) is 0 Å². The van der Waals surface area contributed by atoms with Crippen molar-refractivity contribution in [3.05, 3.63) is 34.3 Å². The zero-order valence-corrected chi connectivity index (χ0v) is 18.8. The highest BCUT2D eigenvalue weighted by atomic mass is 35.5. The highest BCUT2D eigenvalue weighted by Crippen LogP contribution is 2.54. The Morgan fingerprint density at radius 1 is 1.07 bits per heavy atom. The Bertz CT molecular complexity index is 719. The van der Waals surface area contributed by atoms with Gasteiger partial charge in [0, 0.05) is 13.2 Å². The average Bonchev–Trinajstić information content (AvgIpc) is 2.74.